The molecule has 0 spiro atoms. The Kier molecular flexibility index (Phi) is 5.18. The molecule has 1 aliphatic rings. The number of rotatable bonds is 2. The van der Waals surface area contributed by atoms with Crippen LogP contribution in [-0.2, 0) is 15.7 Å². The number of carbonyl (C=O) groups is 1. The lowest BCUT2D eigenvalue weighted by molar-refractivity contribution is 0.0133. The molecule has 1 saturated heterocycles. The molecule has 7 heteroatoms. The first-order chi connectivity index (χ1) is 10.3. The Hall–Kier alpha value is -1.47. The van der Waals surface area contributed by atoms with Gasteiger partial charge in [0, 0.05) is 13.1 Å². The molecule has 1 unspecified atom stereocenters. The van der Waals surface area contributed by atoms with Gasteiger partial charge in [-0.25, -0.2) is 17.7 Å². The van der Waals surface area contributed by atoms with Crippen molar-refractivity contribution in [2.24, 2.45) is 0 Å². The van der Waals surface area contributed by atoms with Gasteiger partial charge in [-0.1, -0.05) is 0 Å². The molecule has 1 aliphatic heterocycles. The van der Waals surface area contributed by atoms with Crippen LogP contribution < -0.4 is 0 Å². The van der Waals surface area contributed by atoms with Gasteiger partial charge in [0.25, 0.3) is 0 Å². The minimum Gasteiger partial charge on any atom is -0.444 e. The van der Waals surface area contributed by atoms with E-state index in [4.69, 9.17) is 4.74 Å². The number of ether oxygens (including phenoxy) is 1. The van der Waals surface area contributed by atoms with E-state index in [1.165, 1.54) is 29.2 Å². The molecule has 0 aliphatic carbocycles. The van der Waals surface area contributed by atoms with Gasteiger partial charge in [0.05, 0.1) is 11.6 Å². The normalized spacial score (nSPS) is 18.1. The molecular weight excluding hydrogens is 307 g/mol. The zero-order chi connectivity index (χ0) is 16.3. The van der Waals surface area contributed by atoms with Crippen molar-refractivity contribution < 1.29 is 18.1 Å². The predicted molar refractivity (Wildman–Crippen MR) is 81.9 cm³/mol. The maximum atomic E-state index is 12.9. The van der Waals surface area contributed by atoms with E-state index < -0.39 is 22.7 Å². The van der Waals surface area contributed by atoms with Gasteiger partial charge in [-0.2, -0.15) is 0 Å². The van der Waals surface area contributed by atoms with Crippen LogP contribution in [0.25, 0.3) is 0 Å². The molecule has 0 radical (unpaired) electrons. The molecule has 1 aromatic carbocycles. The quantitative estimate of drug-likeness (QED) is 0.839. The zero-order valence-electron chi connectivity index (χ0n) is 13.0. The molecule has 0 aromatic heterocycles. The molecule has 1 heterocycles. The average Bonchev–Trinajstić information content (AvgIpc) is 2.46. The Labute approximate surface area is 132 Å². The second-order valence-electron chi connectivity index (χ2n) is 6.15. The maximum Gasteiger partial charge on any atom is 0.411 e. The number of halogens is 1. The zero-order valence-corrected chi connectivity index (χ0v) is 13.9. The fourth-order valence-corrected chi connectivity index (χ4v) is 3.29. The molecule has 1 aromatic rings. The van der Waals surface area contributed by atoms with E-state index in [2.05, 4.69) is 0 Å². The van der Waals surface area contributed by atoms with E-state index in [9.17, 15) is 13.4 Å². The van der Waals surface area contributed by atoms with E-state index in [1.807, 2.05) is 20.8 Å². The standard InChI is InChI=1S/C15H21FN2O3S/c1-15(2,3)21-14(19)17-9-4-10-18(11-17)22(20)13-7-5-12(16)6-8-13/h5-8H,4,9-11H2,1-3H3. The van der Waals surface area contributed by atoms with Gasteiger partial charge in [0.1, 0.15) is 22.4 Å². The van der Waals surface area contributed by atoms with Crippen molar-refractivity contribution in [3.8, 4) is 0 Å². The molecule has 122 valence electrons. The minimum absolute atomic E-state index is 0.235. The van der Waals surface area contributed by atoms with Crippen molar-refractivity contribution in [3.63, 3.8) is 0 Å². The van der Waals surface area contributed by atoms with Gasteiger partial charge >= 0.3 is 6.09 Å². The fraction of sp³-hybridized carbons (Fsp3) is 0.533. The molecule has 0 saturated carbocycles. The van der Waals surface area contributed by atoms with Gasteiger partial charge in [0.15, 0.2) is 0 Å². The lowest BCUT2D eigenvalue weighted by atomic mass is 10.2. The molecule has 1 fully saturated rings. The highest BCUT2D eigenvalue weighted by Crippen LogP contribution is 2.18. The van der Waals surface area contributed by atoms with E-state index in [0.717, 1.165) is 0 Å². The van der Waals surface area contributed by atoms with Crippen molar-refractivity contribution in [1.82, 2.24) is 9.21 Å². The number of amides is 1. The summed E-state index contributed by atoms with van der Waals surface area (Å²) in [4.78, 5) is 14.2. The van der Waals surface area contributed by atoms with Crippen molar-refractivity contribution >= 4 is 17.1 Å². The monoisotopic (exact) mass is 328 g/mol. The van der Waals surface area contributed by atoms with Crippen LogP contribution in [0.1, 0.15) is 27.2 Å². The summed E-state index contributed by atoms with van der Waals surface area (Å²) in [6, 6.07) is 5.56. The molecule has 0 N–H and O–H groups in total. The molecule has 0 bridgehead atoms. The summed E-state index contributed by atoms with van der Waals surface area (Å²) in [5.41, 5.74) is -0.560. The molecule has 22 heavy (non-hydrogen) atoms. The Morgan fingerprint density at radius 2 is 1.86 bits per heavy atom. The predicted octanol–water partition coefficient (Wildman–Crippen LogP) is 2.75. The first-order valence-electron chi connectivity index (χ1n) is 7.16. The summed E-state index contributed by atoms with van der Waals surface area (Å²) in [6.07, 6.45) is 0.305. The Balaban J connectivity index is 2.02. The first kappa shape index (κ1) is 16.9. The molecular formula is C15H21FN2O3S. The van der Waals surface area contributed by atoms with E-state index in [-0.39, 0.29) is 12.5 Å². The Morgan fingerprint density at radius 1 is 1.23 bits per heavy atom. The van der Waals surface area contributed by atoms with Crippen LogP contribution in [0.5, 0.6) is 0 Å². The number of hydrogen-bond donors (Lipinski definition) is 0. The lowest BCUT2D eigenvalue weighted by Gasteiger charge is -2.35. The SMILES string of the molecule is CC(C)(C)OC(=O)N1CCCN(S(=O)c2ccc(F)cc2)C1. The van der Waals surface area contributed by atoms with Crippen LogP contribution in [0, 0.1) is 5.82 Å². The minimum atomic E-state index is -1.42. The summed E-state index contributed by atoms with van der Waals surface area (Å²) in [5.74, 6) is -0.366. The van der Waals surface area contributed by atoms with Gasteiger partial charge in [-0.3, -0.25) is 4.90 Å². The van der Waals surface area contributed by atoms with Crippen molar-refractivity contribution in [1.29, 1.82) is 0 Å². The van der Waals surface area contributed by atoms with Crippen LogP contribution in [0.4, 0.5) is 9.18 Å². The molecule has 5 nitrogen and oxygen atoms in total. The largest absolute Gasteiger partial charge is 0.444 e. The van der Waals surface area contributed by atoms with Crippen LogP contribution >= 0.6 is 0 Å². The molecule has 2 rings (SSSR count). The highest BCUT2D eigenvalue weighted by atomic mass is 32.2. The van der Waals surface area contributed by atoms with Crippen molar-refractivity contribution in [2.75, 3.05) is 19.8 Å². The lowest BCUT2D eigenvalue weighted by Crippen LogP contribution is -2.49. The maximum absolute atomic E-state index is 12.9. The van der Waals surface area contributed by atoms with Crippen LogP contribution in [-0.4, -0.2) is 44.9 Å². The summed E-state index contributed by atoms with van der Waals surface area (Å²) >= 11 is 0. The van der Waals surface area contributed by atoms with E-state index >= 15 is 0 Å². The fourth-order valence-electron chi connectivity index (χ4n) is 2.08. The smallest absolute Gasteiger partial charge is 0.411 e. The topological polar surface area (TPSA) is 49.9 Å². The van der Waals surface area contributed by atoms with Gasteiger partial charge < -0.3 is 4.74 Å². The summed E-state index contributed by atoms with van der Waals surface area (Å²) in [6.45, 7) is 6.85. The van der Waals surface area contributed by atoms with Gasteiger partial charge in [-0.05, 0) is 51.5 Å². The van der Waals surface area contributed by atoms with Gasteiger partial charge in [0.2, 0.25) is 0 Å². The second-order valence-corrected chi connectivity index (χ2v) is 7.63. The van der Waals surface area contributed by atoms with Gasteiger partial charge in [-0.15, -0.1) is 0 Å². The summed E-state index contributed by atoms with van der Waals surface area (Å²) < 4.78 is 32.5. The highest BCUT2D eigenvalue weighted by Gasteiger charge is 2.29. The highest BCUT2D eigenvalue weighted by molar-refractivity contribution is 7.82. The third-order valence-electron chi connectivity index (χ3n) is 3.07. The number of hydrogen-bond acceptors (Lipinski definition) is 3. The van der Waals surface area contributed by atoms with E-state index in [1.54, 1.807) is 4.31 Å². The van der Waals surface area contributed by atoms with Crippen LogP contribution in [0.3, 0.4) is 0 Å². The molecule has 1 amide bonds. The van der Waals surface area contributed by atoms with E-state index in [0.29, 0.717) is 24.4 Å². The summed E-state index contributed by atoms with van der Waals surface area (Å²) in [7, 11) is -1.42. The second kappa shape index (κ2) is 6.75. The third kappa shape index (κ3) is 4.51. The van der Waals surface area contributed by atoms with Crippen LogP contribution in [0.15, 0.2) is 29.2 Å². The molecule has 1 atom stereocenters. The van der Waals surface area contributed by atoms with Crippen molar-refractivity contribution in [2.45, 2.75) is 37.7 Å². The Morgan fingerprint density at radius 3 is 2.45 bits per heavy atom. The number of benzene rings is 1. The number of nitrogens with zero attached hydrogens (tertiary/aromatic N) is 2. The third-order valence-corrected chi connectivity index (χ3v) is 4.51. The summed E-state index contributed by atoms with van der Waals surface area (Å²) in [5, 5.41) is 0. The Bertz CT molecular complexity index is 557. The first-order valence-corrected chi connectivity index (χ1v) is 8.27. The van der Waals surface area contributed by atoms with Crippen LogP contribution in [0.2, 0.25) is 0 Å². The van der Waals surface area contributed by atoms with Crippen molar-refractivity contribution in [3.05, 3.63) is 30.1 Å². The number of carbonyl (C=O) groups excluding carboxylic acids is 1. The average molecular weight is 328 g/mol.